The number of aromatic nitrogens is 1. The number of nitrogens with zero attached hydrogens (tertiary/aromatic N) is 1. The predicted molar refractivity (Wildman–Crippen MR) is 81.7 cm³/mol. The van der Waals surface area contributed by atoms with E-state index in [-0.39, 0.29) is 0 Å². The summed E-state index contributed by atoms with van der Waals surface area (Å²) in [5.74, 6) is 0.826. The lowest BCUT2D eigenvalue weighted by atomic mass is 9.84. The summed E-state index contributed by atoms with van der Waals surface area (Å²) in [7, 11) is 0. The second-order valence-corrected chi connectivity index (χ2v) is 7.22. The van der Waals surface area contributed by atoms with Gasteiger partial charge in [-0.25, -0.2) is 4.98 Å². The van der Waals surface area contributed by atoms with E-state index < -0.39 is 0 Å². The van der Waals surface area contributed by atoms with Crippen LogP contribution >= 0.6 is 11.3 Å². The molecule has 0 aromatic carbocycles. The van der Waals surface area contributed by atoms with E-state index in [9.17, 15) is 0 Å². The zero-order chi connectivity index (χ0) is 13.1. The fourth-order valence-corrected chi connectivity index (χ4v) is 4.89. The lowest BCUT2D eigenvalue weighted by molar-refractivity contribution is 0.271. The smallest absolute Gasteiger partial charge is 0.110 e. The van der Waals surface area contributed by atoms with Crippen molar-refractivity contribution in [2.45, 2.75) is 70.8 Å². The summed E-state index contributed by atoms with van der Waals surface area (Å²) in [6.07, 6.45) is 12.1. The zero-order valence-electron chi connectivity index (χ0n) is 12.1. The van der Waals surface area contributed by atoms with Crippen molar-refractivity contribution in [3.05, 3.63) is 15.6 Å². The normalized spacial score (nSPS) is 21.5. The zero-order valence-corrected chi connectivity index (χ0v) is 12.9. The summed E-state index contributed by atoms with van der Waals surface area (Å²) in [6.45, 7) is 3.39. The lowest BCUT2D eigenvalue weighted by Crippen LogP contribution is -2.30. The van der Waals surface area contributed by atoms with Crippen molar-refractivity contribution in [1.29, 1.82) is 0 Å². The quantitative estimate of drug-likeness (QED) is 0.871. The summed E-state index contributed by atoms with van der Waals surface area (Å²) in [6, 6.07) is 0.538. The van der Waals surface area contributed by atoms with Crippen molar-refractivity contribution < 1.29 is 0 Å². The molecule has 1 unspecified atom stereocenters. The van der Waals surface area contributed by atoms with Crippen LogP contribution in [0.1, 0.15) is 73.5 Å². The topological polar surface area (TPSA) is 24.9 Å². The Balaban J connectivity index is 1.76. The van der Waals surface area contributed by atoms with Crippen LogP contribution in [0.2, 0.25) is 0 Å². The van der Waals surface area contributed by atoms with Crippen LogP contribution in [0.15, 0.2) is 0 Å². The van der Waals surface area contributed by atoms with Gasteiger partial charge in [0.1, 0.15) is 5.01 Å². The first kappa shape index (κ1) is 13.6. The minimum absolute atomic E-state index is 0.538. The molecule has 0 aliphatic heterocycles. The van der Waals surface area contributed by atoms with Crippen LogP contribution in [0, 0.1) is 5.92 Å². The molecule has 0 saturated heterocycles. The third-order valence-corrected chi connectivity index (χ3v) is 5.85. The Labute approximate surface area is 121 Å². The van der Waals surface area contributed by atoms with Gasteiger partial charge in [-0.3, -0.25) is 0 Å². The van der Waals surface area contributed by atoms with Crippen LogP contribution < -0.4 is 5.32 Å². The van der Waals surface area contributed by atoms with Crippen LogP contribution in [-0.4, -0.2) is 11.5 Å². The van der Waals surface area contributed by atoms with Gasteiger partial charge >= 0.3 is 0 Å². The Hall–Kier alpha value is -0.410. The first-order valence-electron chi connectivity index (χ1n) is 8.10. The standard InChI is InChI=1S/C16H26N2S/c1-2-11-17-15(12-7-4-3-5-8-12)16-18-13-9-6-10-14(13)19-16/h12,15,17H,2-11H2,1H3. The van der Waals surface area contributed by atoms with Gasteiger partial charge in [0.15, 0.2) is 0 Å². The van der Waals surface area contributed by atoms with Gasteiger partial charge in [0.2, 0.25) is 0 Å². The Morgan fingerprint density at radius 2 is 2.05 bits per heavy atom. The molecule has 19 heavy (non-hydrogen) atoms. The fraction of sp³-hybridized carbons (Fsp3) is 0.812. The lowest BCUT2D eigenvalue weighted by Gasteiger charge is -2.29. The van der Waals surface area contributed by atoms with Crippen LogP contribution in [0.4, 0.5) is 0 Å². The maximum Gasteiger partial charge on any atom is 0.110 e. The number of hydrogen-bond donors (Lipinski definition) is 1. The molecule has 1 aromatic heterocycles. The van der Waals surface area contributed by atoms with Gasteiger partial charge in [0.25, 0.3) is 0 Å². The van der Waals surface area contributed by atoms with Gasteiger partial charge in [-0.2, -0.15) is 0 Å². The molecule has 1 aromatic rings. The summed E-state index contributed by atoms with van der Waals surface area (Å²) in [5, 5.41) is 5.19. The van der Waals surface area contributed by atoms with E-state index in [1.807, 2.05) is 11.3 Å². The second kappa shape index (κ2) is 6.36. The Kier molecular flexibility index (Phi) is 4.54. The van der Waals surface area contributed by atoms with Gasteiger partial charge in [-0.05, 0) is 51.0 Å². The van der Waals surface area contributed by atoms with E-state index in [0.717, 1.165) is 12.5 Å². The van der Waals surface area contributed by atoms with Gasteiger partial charge < -0.3 is 5.32 Å². The van der Waals surface area contributed by atoms with Crippen LogP contribution in [0.3, 0.4) is 0 Å². The molecule has 0 bridgehead atoms. The monoisotopic (exact) mass is 278 g/mol. The van der Waals surface area contributed by atoms with Gasteiger partial charge in [-0.1, -0.05) is 26.2 Å². The average Bonchev–Trinajstić information content (AvgIpc) is 3.02. The van der Waals surface area contributed by atoms with Crippen LogP contribution in [0.5, 0.6) is 0 Å². The van der Waals surface area contributed by atoms with Crippen LogP contribution in [0.25, 0.3) is 0 Å². The summed E-state index contributed by atoms with van der Waals surface area (Å²) >= 11 is 2.00. The van der Waals surface area contributed by atoms with E-state index in [0.29, 0.717) is 6.04 Å². The molecular weight excluding hydrogens is 252 g/mol. The predicted octanol–water partition coefficient (Wildman–Crippen LogP) is 4.25. The molecular formula is C16H26N2S. The first-order chi connectivity index (χ1) is 9.38. The van der Waals surface area contributed by atoms with Crippen molar-refractivity contribution in [2.24, 2.45) is 5.92 Å². The van der Waals surface area contributed by atoms with Gasteiger partial charge in [0.05, 0.1) is 11.7 Å². The number of fused-ring (bicyclic) bond motifs is 1. The molecule has 0 radical (unpaired) electrons. The third kappa shape index (κ3) is 3.03. The Bertz CT molecular complexity index is 385. The minimum atomic E-state index is 0.538. The number of thiazole rings is 1. The van der Waals surface area contributed by atoms with E-state index in [1.165, 1.54) is 68.5 Å². The van der Waals surface area contributed by atoms with Crippen molar-refractivity contribution in [2.75, 3.05) is 6.54 Å². The molecule has 0 amide bonds. The largest absolute Gasteiger partial charge is 0.308 e. The van der Waals surface area contributed by atoms with Crippen molar-refractivity contribution in [3.63, 3.8) is 0 Å². The number of nitrogens with one attached hydrogen (secondary N) is 1. The summed E-state index contributed by atoms with van der Waals surface area (Å²) in [5.41, 5.74) is 1.42. The van der Waals surface area contributed by atoms with E-state index in [4.69, 9.17) is 4.98 Å². The number of rotatable bonds is 5. The van der Waals surface area contributed by atoms with E-state index in [1.54, 1.807) is 4.88 Å². The average molecular weight is 278 g/mol. The maximum absolute atomic E-state index is 4.98. The molecule has 0 spiro atoms. The molecule has 106 valence electrons. The molecule has 2 aliphatic carbocycles. The molecule has 3 heteroatoms. The summed E-state index contributed by atoms with van der Waals surface area (Å²) in [4.78, 5) is 6.55. The van der Waals surface area contributed by atoms with Crippen molar-refractivity contribution >= 4 is 11.3 Å². The fourth-order valence-electron chi connectivity index (χ4n) is 3.57. The maximum atomic E-state index is 4.98. The van der Waals surface area contributed by atoms with E-state index in [2.05, 4.69) is 12.2 Å². The SMILES string of the molecule is CCCNC(c1nc2c(s1)CCC2)C1CCCCC1. The molecule has 1 saturated carbocycles. The van der Waals surface area contributed by atoms with Crippen molar-refractivity contribution in [1.82, 2.24) is 10.3 Å². The molecule has 3 rings (SSSR count). The summed E-state index contributed by atoms with van der Waals surface area (Å²) < 4.78 is 0. The highest BCUT2D eigenvalue weighted by molar-refractivity contribution is 7.11. The minimum Gasteiger partial charge on any atom is -0.308 e. The highest BCUT2D eigenvalue weighted by Crippen LogP contribution is 2.38. The number of hydrogen-bond acceptors (Lipinski definition) is 3. The molecule has 1 heterocycles. The molecule has 2 nitrogen and oxygen atoms in total. The number of aryl methyl sites for hydroxylation is 2. The molecule has 2 aliphatic rings. The van der Waals surface area contributed by atoms with E-state index >= 15 is 0 Å². The van der Waals surface area contributed by atoms with Crippen molar-refractivity contribution in [3.8, 4) is 0 Å². The Morgan fingerprint density at radius 3 is 2.79 bits per heavy atom. The third-order valence-electron chi connectivity index (χ3n) is 4.61. The first-order valence-corrected chi connectivity index (χ1v) is 8.92. The second-order valence-electron chi connectivity index (χ2n) is 6.11. The van der Waals surface area contributed by atoms with Crippen LogP contribution in [-0.2, 0) is 12.8 Å². The molecule has 1 fully saturated rings. The molecule has 1 N–H and O–H groups in total. The Morgan fingerprint density at radius 1 is 1.21 bits per heavy atom. The highest BCUT2D eigenvalue weighted by Gasteiger charge is 2.28. The van der Waals surface area contributed by atoms with Gasteiger partial charge in [-0.15, -0.1) is 11.3 Å². The molecule has 1 atom stereocenters. The van der Waals surface area contributed by atoms with Gasteiger partial charge in [0, 0.05) is 4.88 Å². The highest BCUT2D eigenvalue weighted by atomic mass is 32.1.